The summed E-state index contributed by atoms with van der Waals surface area (Å²) in [6.07, 6.45) is 0.941. The number of nitrogens with zero attached hydrogens (tertiary/aromatic N) is 1. The van der Waals surface area contributed by atoms with E-state index < -0.39 is 0 Å². The van der Waals surface area contributed by atoms with Gasteiger partial charge in [0.2, 0.25) is 0 Å². The van der Waals surface area contributed by atoms with Gasteiger partial charge < -0.3 is 5.73 Å². The van der Waals surface area contributed by atoms with Crippen LogP contribution in [0.1, 0.15) is 30.8 Å². The Morgan fingerprint density at radius 3 is 2.67 bits per heavy atom. The van der Waals surface area contributed by atoms with Crippen molar-refractivity contribution in [1.29, 1.82) is 0 Å². The maximum absolute atomic E-state index is 5.80. The maximum Gasteiger partial charge on any atom is 0.0574 e. The largest absolute Gasteiger partial charge is 0.323 e. The summed E-state index contributed by atoms with van der Waals surface area (Å²) in [5, 5.41) is 0. The van der Waals surface area contributed by atoms with E-state index in [0.29, 0.717) is 0 Å². The van der Waals surface area contributed by atoms with Crippen LogP contribution in [0.3, 0.4) is 0 Å². The standard InChI is InChI=1S/C9H14N2.ClH/c1-3-8(10)9-6-4-5-7(2)11-9;/h4-6,8H,3,10H2,1-2H3;1H. The molecule has 0 saturated carbocycles. The average molecular weight is 187 g/mol. The van der Waals surface area contributed by atoms with Gasteiger partial charge in [-0.15, -0.1) is 12.4 Å². The van der Waals surface area contributed by atoms with Crippen LogP contribution in [0.25, 0.3) is 0 Å². The van der Waals surface area contributed by atoms with Crippen molar-refractivity contribution < 1.29 is 0 Å². The number of halogens is 1. The molecule has 0 aromatic carbocycles. The van der Waals surface area contributed by atoms with E-state index in [1.165, 1.54) is 0 Å². The zero-order chi connectivity index (χ0) is 8.27. The highest BCUT2D eigenvalue weighted by Gasteiger charge is 2.02. The number of hydrogen-bond acceptors (Lipinski definition) is 2. The molecule has 12 heavy (non-hydrogen) atoms. The molecule has 0 aliphatic heterocycles. The van der Waals surface area contributed by atoms with Gasteiger partial charge in [-0.25, -0.2) is 0 Å². The van der Waals surface area contributed by atoms with Crippen molar-refractivity contribution in [2.24, 2.45) is 5.73 Å². The minimum atomic E-state index is 0. The molecule has 2 nitrogen and oxygen atoms in total. The fourth-order valence-corrected chi connectivity index (χ4v) is 0.980. The zero-order valence-corrected chi connectivity index (χ0v) is 8.27. The topological polar surface area (TPSA) is 38.9 Å². The van der Waals surface area contributed by atoms with E-state index in [-0.39, 0.29) is 18.4 Å². The van der Waals surface area contributed by atoms with Gasteiger partial charge in [-0.05, 0) is 25.5 Å². The van der Waals surface area contributed by atoms with Crippen molar-refractivity contribution in [3.05, 3.63) is 29.6 Å². The van der Waals surface area contributed by atoms with Crippen molar-refractivity contribution >= 4 is 12.4 Å². The highest BCUT2D eigenvalue weighted by Crippen LogP contribution is 2.10. The predicted molar refractivity (Wildman–Crippen MR) is 53.4 cm³/mol. The lowest BCUT2D eigenvalue weighted by Crippen LogP contribution is -2.10. The predicted octanol–water partition coefficient (Wildman–Crippen LogP) is 2.22. The molecule has 0 amide bonds. The lowest BCUT2D eigenvalue weighted by molar-refractivity contribution is 0.673. The summed E-state index contributed by atoms with van der Waals surface area (Å²) < 4.78 is 0. The van der Waals surface area contributed by atoms with Crippen molar-refractivity contribution in [3.63, 3.8) is 0 Å². The number of aromatic nitrogens is 1. The van der Waals surface area contributed by atoms with Crippen molar-refractivity contribution in [3.8, 4) is 0 Å². The smallest absolute Gasteiger partial charge is 0.0574 e. The molecule has 3 heteroatoms. The van der Waals surface area contributed by atoms with Gasteiger partial charge >= 0.3 is 0 Å². The highest BCUT2D eigenvalue weighted by atomic mass is 35.5. The molecule has 1 rings (SSSR count). The third kappa shape index (κ3) is 2.80. The SMILES string of the molecule is CCC(N)c1cccc(C)n1.Cl. The molecule has 1 aromatic rings. The van der Waals surface area contributed by atoms with Crippen molar-refractivity contribution in [1.82, 2.24) is 4.98 Å². The Bertz CT molecular complexity index is 238. The molecule has 1 aromatic heterocycles. The van der Waals surface area contributed by atoms with Crippen molar-refractivity contribution in [2.45, 2.75) is 26.3 Å². The minimum Gasteiger partial charge on any atom is -0.323 e. The van der Waals surface area contributed by atoms with Gasteiger partial charge in [-0.3, -0.25) is 4.98 Å². The second kappa shape index (κ2) is 5.12. The minimum absolute atomic E-state index is 0. The molecular weight excluding hydrogens is 172 g/mol. The molecule has 0 radical (unpaired) electrons. The second-order valence-corrected chi connectivity index (χ2v) is 2.72. The lowest BCUT2D eigenvalue weighted by atomic mass is 10.1. The van der Waals surface area contributed by atoms with Crippen LogP contribution in [0.2, 0.25) is 0 Å². The van der Waals surface area contributed by atoms with E-state index in [9.17, 15) is 0 Å². The summed E-state index contributed by atoms with van der Waals surface area (Å²) in [4.78, 5) is 4.32. The van der Waals surface area contributed by atoms with E-state index in [4.69, 9.17) is 5.73 Å². The van der Waals surface area contributed by atoms with Crippen LogP contribution < -0.4 is 5.73 Å². The van der Waals surface area contributed by atoms with Crippen molar-refractivity contribution in [2.75, 3.05) is 0 Å². The van der Waals surface area contributed by atoms with Crippen LogP contribution in [-0.4, -0.2) is 4.98 Å². The maximum atomic E-state index is 5.80. The Hall–Kier alpha value is -0.600. The molecule has 0 spiro atoms. The molecule has 1 atom stereocenters. The second-order valence-electron chi connectivity index (χ2n) is 2.72. The molecule has 1 heterocycles. The van der Waals surface area contributed by atoms with E-state index in [2.05, 4.69) is 11.9 Å². The Balaban J connectivity index is 0.00000121. The Morgan fingerprint density at radius 1 is 1.50 bits per heavy atom. The van der Waals surface area contributed by atoms with Crippen LogP contribution in [-0.2, 0) is 0 Å². The first-order valence-corrected chi connectivity index (χ1v) is 3.93. The summed E-state index contributed by atoms with van der Waals surface area (Å²) in [5.41, 5.74) is 7.83. The molecule has 0 fully saturated rings. The Labute approximate surface area is 79.6 Å². The van der Waals surface area contributed by atoms with Gasteiger partial charge in [0.25, 0.3) is 0 Å². The van der Waals surface area contributed by atoms with Gasteiger partial charge in [-0.1, -0.05) is 13.0 Å². The molecule has 2 N–H and O–H groups in total. The van der Waals surface area contributed by atoms with Crippen LogP contribution in [0, 0.1) is 6.92 Å². The molecule has 0 saturated heterocycles. The summed E-state index contributed by atoms with van der Waals surface area (Å²) in [5.74, 6) is 0. The average Bonchev–Trinajstić information content (AvgIpc) is 2.03. The first-order valence-electron chi connectivity index (χ1n) is 3.93. The fourth-order valence-electron chi connectivity index (χ4n) is 0.980. The molecule has 0 bridgehead atoms. The van der Waals surface area contributed by atoms with E-state index in [1.54, 1.807) is 0 Å². The number of aryl methyl sites for hydroxylation is 1. The lowest BCUT2D eigenvalue weighted by Gasteiger charge is -2.07. The highest BCUT2D eigenvalue weighted by molar-refractivity contribution is 5.85. The van der Waals surface area contributed by atoms with Gasteiger partial charge in [0.1, 0.15) is 0 Å². The third-order valence-corrected chi connectivity index (χ3v) is 1.73. The third-order valence-electron chi connectivity index (χ3n) is 1.73. The summed E-state index contributed by atoms with van der Waals surface area (Å²) in [7, 11) is 0. The van der Waals surface area contributed by atoms with Crippen LogP contribution in [0.15, 0.2) is 18.2 Å². The Kier molecular flexibility index (Phi) is 4.86. The molecule has 0 aliphatic rings. The summed E-state index contributed by atoms with van der Waals surface area (Å²) in [6.45, 7) is 4.04. The van der Waals surface area contributed by atoms with Gasteiger partial charge in [0.15, 0.2) is 0 Å². The number of pyridine rings is 1. The van der Waals surface area contributed by atoms with Crippen LogP contribution >= 0.6 is 12.4 Å². The fraction of sp³-hybridized carbons (Fsp3) is 0.444. The van der Waals surface area contributed by atoms with E-state index in [1.807, 2.05) is 25.1 Å². The molecule has 68 valence electrons. The van der Waals surface area contributed by atoms with Gasteiger partial charge in [0, 0.05) is 11.7 Å². The molecule has 0 aliphatic carbocycles. The normalized spacial score (nSPS) is 11.9. The van der Waals surface area contributed by atoms with E-state index in [0.717, 1.165) is 17.8 Å². The van der Waals surface area contributed by atoms with E-state index >= 15 is 0 Å². The first-order chi connectivity index (χ1) is 5.24. The van der Waals surface area contributed by atoms with Crippen LogP contribution in [0.4, 0.5) is 0 Å². The van der Waals surface area contributed by atoms with Crippen LogP contribution in [0.5, 0.6) is 0 Å². The summed E-state index contributed by atoms with van der Waals surface area (Å²) in [6, 6.07) is 6.04. The number of hydrogen-bond donors (Lipinski definition) is 1. The van der Waals surface area contributed by atoms with Gasteiger partial charge in [-0.2, -0.15) is 0 Å². The number of rotatable bonds is 2. The zero-order valence-electron chi connectivity index (χ0n) is 7.45. The molecule has 1 unspecified atom stereocenters. The molecular formula is C9H15ClN2. The first kappa shape index (κ1) is 11.4. The quantitative estimate of drug-likeness (QED) is 0.770. The monoisotopic (exact) mass is 186 g/mol. The summed E-state index contributed by atoms with van der Waals surface area (Å²) >= 11 is 0. The number of nitrogens with two attached hydrogens (primary N) is 1. The van der Waals surface area contributed by atoms with Gasteiger partial charge in [0.05, 0.1) is 5.69 Å². The Morgan fingerprint density at radius 2 is 2.17 bits per heavy atom.